The van der Waals surface area contributed by atoms with Gasteiger partial charge in [0.15, 0.2) is 13.6 Å². The second-order valence-electron chi connectivity index (χ2n) is 4.85. The number of aromatic nitrogens is 1. The number of ether oxygens (including phenoxy) is 4. The number of benzene rings is 1. The average molecular weight is 367 g/mol. The highest BCUT2D eigenvalue weighted by atomic mass is 35.5. The fourth-order valence-electron chi connectivity index (χ4n) is 2.16. The molecule has 1 unspecified atom stereocenters. The van der Waals surface area contributed by atoms with Gasteiger partial charge in [0.1, 0.15) is 28.9 Å². The summed E-state index contributed by atoms with van der Waals surface area (Å²) in [5.74, 6) is -1.05. The lowest BCUT2D eigenvalue weighted by molar-refractivity contribution is 0.0492. The maximum absolute atomic E-state index is 13.8. The molecule has 0 aliphatic rings. The number of hydrogen-bond acceptors (Lipinski definition) is 6. The summed E-state index contributed by atoms with van der Waals surface area (Å²) in [6.45, 7) is -0.116. The predicted octanol–water partition coefficient (Wildman–Crippen LogP) is 3.49. The van der Waals surface area contributed by atoms with Crippen molar-refractivity contribution >= 4 is 11.6 Å². The monoisotopic (exact) mass is 366 g/mol. The third kappa shape index (κ3) is 4.57. The largest absolute Gasteiger partial charge is 0.467 e. The summed E-state index contributed by atoms with van der Waals surface area (Å²) >= 11 is 5.89. The quantitative estimate of drug-likeness (QED) is 0.666. The average Bonchev–Trinajstić information content (AvgIpc) is 2.63. The van der Waals surface area contributed by atoms with E-state index in [1.165, 1.54) is 26.5 Å². The van der Waals surface area contributed by atoms with E-state index >= 15 is 0 Å². The number of methoxy groups -OCH3 is 2. The molecule has 1 atom stereocenters. The minimum Gasteiger partial charge on any atom is -0.467 e. The SMILES string of the molecule is COCOc1cc(F)c(Cl)cc1C(C#N)c1ncccc1OCOC. The Morgan fingerprint density at radius 3 is 2.52 bits per heavy atom. The molecule has 0 saturated heterocycles. The molecule has 8 heteroatoms. The Kier molecular flexibility index (Phi) is 6.95. The molecule has 0 aliphatic carbocycles. The Labute approximate surface area is 149 Å². The maximum atomic E-state index is 13.8. The van der Waals surface area contributed by atoms with Crippen molar-refractivity contribution in [2.24, 2.45) is 0 Å². The predicted molar refractivity (Wildman–Crippen MR) is 88.1 cm³/mol. The van der Waals surface area contributed by atoms with Crippen molar-refractivity contribution in [2.45, 2.75) is 5.92 Å². The molecule has 132 valence electrons. The zero-order valence-electron chi connectivity index (χ0n) is 13.7. The van der Waals surface area contributed by atoms with E-state index in [0.29, 0.717) is 17.0 Å². The summed E-state index contributed by atoms with van der Waals surface area (Å²) in [6.07, 6.45) is 1.53. The molecule has 2 aromatic rings. The molecule has 0 bridgehead atoms. The van der Waals surface area contributed by atoms with Crippen molar-refractivity contribution in [1.82, 2.24) is 4.98 Å². The first kappa shape index (κ1) is 18.9. The third-order valence-corrected chi connectivity index (χ3v) is 3.52. The molecule has 0 aliphatic heterocycles. The maximum Gasteiger partial charge on any atom is 0.188 e. The van der Waals surface area contributed by atoms with Gasteiger partial charge in [0.05, 0.1) is 11.1 Å². The summed E-state index contributed by atoms with van der Waals surface area (Å²) in [5.41, 5.74) is 0.693. The molecule has 0 amide bonds. The van der Waals surface area contributed by atoms with Crippen molar-refractivity contribution in [3.63, 3.8) is 0 Å². The first-order chi connectivity index (χ1) is 12.1. The number of nitriles is 1. The summed E-state index contributed by atoms with van der Waals surface area (Å²) < 4.78 is 34.4. The fraction of sp³-hybridized carbons (Fsp3) is 0.294. The molecule has 0 N–H and O–H groups in total. The highest BCUT2D eigenvalue weighted by Gasteiger charge is 2.25. The van der Waals surface area contributed by atoms with Crippen LogP contribution in [0.15, 0.2) is 30.5 Å². The molecule has 1 aromatic carbocycles. The molecule has 0 spiro atoms. The van der Waals surface area contributed by atoms with Gasteiger partial charge in [-0.05, 0) is 18.2 Å². The normalized spacial score (nSPS) is 11.6. The van der Waals surface area contributed by atoms with Gasteiger partial charge in [0.2, 0.25) is 0 Å². The molecule has 25 heavy (non-hydrogen) atoms. The number of halogens is 2. The van der Waals surface area contributed by atoms with Crippen LogP contribution in [0.25, 0.3) is 0 Å². The van der Waals surface area contributed by atoms with Gasteiger partial charge >= 0.3 is 0 Å². The van der Waals surface area contributed by atoms with Gasteiger partial charge in [-0.25, -0.2) is 4.39 Å². The van der Waals surface area contributed by atoms with Gasteiger partial charge in [-0.3, -0.25) is 4.98 Å². The Hall–Kier alpha value is -2.40. The van der Waals surface area contributed by atoms with Crippen LogP contribution in [-0.2, 0) is 9.47 Å². The standard InChI is InChI=1S/C17H16ClFN2O4/c1-22-9-24-15-4-3-5-21-17(15)12(8-20)11-6-13(18)14(19)7-16(11)25-10-23-2/h3-7,12H,9-10H2,1-2H3. The number of pyridine rings is 1. The molecular weight excluding hydrogens is 351 g/mol. The minimum absolute atomic E-state index is 0.00590. The second kappa shape index (κ2) is 9.18. The molecule has 6 nitrogen and oxygen atoms in total. The zero-order chi connectivity index (χ0) is 18.2. The number of rotatable bonds is 8. The molecule has 0 radical (unpaired) electrons. The van der Waals surface area contributed by atoms with Crippen molar-refractivity contribution < 1.29 is 23.3 Å². The lowest BCUT2D eigenvalue weighted by Gasteiger charge is -2.18. The van der Waals surface area contributed by atoms with Gasteiger partial charge in [0, 0.05) is 32.0 Å². The van der Waals surface area contributed by atoms with Crippen LogP contribution in [0.2, 0.25) is 5.02 Å². The lowest BCUT2D eigenvalue weighted by Crippen LogP contribution is -2.10. The van der Waals surface area contributed by atoms with E-state index in [1.807, 2.05) is 0 Å². The van der Waals surface area contributed by atoms with E-state index in [-0.39, 0.29) is 24.4 Å². The highest BCUT2D eigenvalue weighted by Crippen LogP contribution is 2.37. The second-order valence-corrected chi connectivity index (χ2v) is 5.26. The minimum atomic E-state index is -0.891. The Bertz CT molecular complexity index is 767. The van der Waals surface area contributed by atoms with E-state index in [1.54, 1.807) is 12.1 Å². The van der Waals surface area contributed by atoms with Crippen LogP contribution in [-0.4, -0.2) is 32.8 Å². The van der Waals surface area contributed by atoms with Crippen molar-refractivity contribution in [2.75, 3.05) is 27.8 Å². The summed E-state index contributed by atoms with van der Waals surface area (Å²) in [4.78, 5) is 4.23. The van der Waals surface area contributed by atoms with Crippen LogP contribution in [0.3, 0.4) is 0 Å². The van der Waals surface area contributed by atoms with Crippen LogP contribution in [0.5, 0.6) is 11.5 Å². The smallest absolute Gasteiger partial charge is 0.188 e. The van der Waals surface area contributed by atoms with Gasteiger partial charge in [-0.2, -0.15) is 5.26 Å². The molecule has 1 heterocycles. The van der Waals surface area contributed by atoms with Crippen molar-refractivity contribution in [3.8, 4) is 17.6 Å². The van der Waals surface area contributed by atoms with E-state index in [2.05, 4.69) is 11.1 Å². The highest BCUT2D eigenvalue weighted by molar-refractivity contribution is 6.30. The Morgan fingerprint density at radius 2 is 1.88 bits per heavy atom. The van der Waals surface area contributed by atoms with Crippen LogP contribution >= 0.6 is 11.6 Å². The third-order valence-electron chi connectivity index (χ3n) is 3.23. The summed E-state index contributed by atoms with van der Waals surface area (Å²) in [7, 11) is 2.91. The lowest BCUT2D eigenvalue weighted by atomic mass is 9.95. The molecule has 0 fully saturated rings. The topological polar surface area (TPSA) is 73.6 Å². The van der Waals surface area contributed by atoms with E-state index in [4.69, 9.17) is 30.5 Å². The van der Waals surface area contributed by atoms with E-state index in [0.717, 1.165) is 6.07 Å². The van der Waals surface area contributed by atoms with Crippen LogP contribution in [0.4, 0.5) is 4.39 Å². The summed E-state index contributed by atoms with van der Waals surface area (Å²) in [6, 6.07) is 7.91. The van der Waals surface area contributed by atoms with Gasteiger partial charge in [-0.15, -0.1) is 0 Å². The molecule has 0 saturated carbocycles. The van der Waals surface area contributed by atoms with Crippen molar-refractivity contribution in [1.29, 1.82) is 5.26 Å². The number of nitrogens with zero attached hydrogens (tertiary/aromatic N) is 2. The Balaban J connectivity index is 2.51. The zero-order valence-corrected chi connectivity index (χ0v) is 14.4. The molecule has 2 rings (SSSR count). The molecular formula is C17H16ClFN2O4. The fourth-order valence-corrected chi connectivity index (χ4v) is 2.33. The van der Waals surface area contributed by atoms with Crippen LogP contribution in [0.1, 0.15) is 17.2 Å². The summed E-state index contributed by atoms with van der Waals surface area (Å²) in [5, 5.41) is 9.56. The Morgan fingerprint density at radius 1 is 1.20 bits per heavy atom. The first-order valence-corrected chi connectivity index (χ1v) is 7.57. The number of hydrogen-bond donors (Lipinski definition) is 0. The van der Waals surface area contributed by atoms with Gasteiger partial charge in [0.25, 0.3) is 0 Å². The van der Waals surface area contributed by atoms with Gasteiger partial charge < -0.3 is 18.9 Å². The first-order valence-electron chi connectivity index (χ1n) is 7.19. The van der Waals surface area contributed by atoms with E-state index in [9.17, 15) is 9.65 Å². The van der Waals surface area contributed by atoms with Crippen molar-refractivity contribution in [3.05, 3.63) is 52.6 Å². The molecule has 1 aromatic heterocycles. The van der Waals surface area contributed by atoms with Crippen LogP contribution < -0.4 is 9.47 Å². The van der Waals surface area contributed by atoms with Crippen LogP contribution in [0, 0.1) is 17.1 Å². The van der Waals surface area contributed by atoms with Gasteiger partial charge in [-0.1, -0.05) is 11.6 Å². The van der Waals surface area contributed by atoms with E-state index < -0.39 is 11.7 Å².